The summed E-state index contributed by atoms with van der Waals surface area (Å²) in [5.41, 5.74) is 1.79. The van der Waals surface area contributed by atoms with Crippen LogP contribution in [0, 0.1) is 11.3 Å². The maximum atomic E-state index is 12.8. The van der Waals surface area contributed by atoms with Crippen molar-refractivity contribution in [3.63, 3.8) is 0 Å². The first kappa shape index (κ1) is 23.9. The summed E-state index contributed by atoms with van der Waals surface area (Å²) in [6.07, 6.45) is 0.273. The van der Waals surface area contributed by atoms with E-state index in [0.29, 0.717) is 22.3 Å². The standard InChI is InChI=1S/C24H25N3O5S/c1-4-17(21(25)23(29)32-13-15-8-6-5-7-9-15)22(28)27-24-26-19(14-33-24)18-11-10-16(30-2)12-20(18)31-3/h5-12,14,17,25H,4,13H2,1-3H3,(H,26,27,28). The van der Waals surface area contributed by atoms with Crippen molar-refractivity contribution in [3.8, 4) is 22.8 Å². The van der Waals surface area contributed by atoms with Gasteiger partial charge in [-0.2, -0.15) is 0 Å². The van der Waals surface area contributed by atoms with Gasteiger partial charge in [-0.1, -0.05) is 37.3 Å². The Balaban J connectivity index is 1.65. The van der Waals surface area contributed by atoms with E-state index in [2.05, 4.69) is 10.3 Å². The second-order valence-corrected chi connectivity index (χ2v) is 7.89. The molecule has 0 saturated carbocycles. The van der Waals surface area contributed by atoms with E-state index in [0.717, 1.165) is 11.1 Å². The number of aromatic nitrogens is 1. The molecule has 0 bridgehead atoms. The molecule has 3 rings (SSSR count). The second kappa shape index (κ2) is 11.2. The number of amides is 1. The third kappa shape index (κ3) is 5.95. The van der Waals surface area contributed by atoms with Crippen molar-refractivity contribution in [2.45, 2.75) is 20.0 Å². The molecule has 1 amide bonds. The third-order valence-corrected chi connectivity index (χ3v) is 5.68. The van der Waals surface area contributed by atoms with Gasteiger partial charge in [-0.3, -0.25) is 10.2 Å². The summed E-state index contributed by atoms with van der Waals surface area (Å²) in [6, 6.07) is 14.5. The fraction of sp³-hybridized carbons (Fsp3) is 0.250. The molecular formula is C24H25N3O5S. The summed E-state index contributed by atoms with van der Waals surface area (Å²) in [6.45, 7) is 1.78. The molecule has 1 unspecified atom stereocenters. The van der Waals surface area contributed by atoms with Crippen LogP contribution in [-0.4, -0.2) is 36.8 Å². The van der Waals surface area contributed by atoms with E-state index in [1.807, 2.05) is 36.4 Å². The van der Waals surface area contributed by atoms with Gasteiger partial charge in [0, 0.05) is 17.0 Å². The number of rotatable bonds is 10. The molecule has 9 heteroatoms. The van der Waals surface area contributed by atoms with Gasteiger partial charge in [0.1, 0.15) is 23.8 Å². The van der Waals surface area contributed by atoms with Crippen LogP contribution in [0.3, 0.4) is 0 Å². The van der Waals surface area contributed by atoms with Crippen LogP contribution in [0.25, 0.3) is 11.3 Å². The van der Waals surface area contributed by atoms with Crippen molar-refractivity contribution in [1.82, 2.24) is 4.98 Å². The fourth-order valence-corrected chi connectivity index (χ4v) is 3.83. The molecule has 2 aromatic carbocycles. The minimum Gasteiger partial charge on any atom is -0.497 e. The van der Waals surface area contributed by atoms with Gasteiger partial charge in [-0.05, 0) is 24.1 Å². The lowest BCUT2D eigenvalue weighted by Crippen LogP contribution is -2.34. The number of thiazole rings is 1. The van der Waals surface area contributed by atoms with Crippen molar-refractivity contribution in [2.24, 2.45) is 5.92 Å². The zero-order chi connectivity index (χ0) is 23.8. The lowest BCUT2D eigenvalue weighted by atomic mass is 9.99. The Morgan fingerprint density at radius 3 is 2.55 bits per heavy atom. The van der Waals surface area contributed by atoms with Crippen molar-refractivity contribution < 1.29 is 23.8 Å². The normalized spacial score (nSPS) is 11.4. The van der Waals surface area contributed by atoms with Gasteiger partial charge < -0.3 is 19.5 Å². The maximum absolute atomic E-state index is 12.8. The molecule has 2 N–H and O–H groups in total. The molecular weight excluding hydrogens is 442 g/mol. The highest BCUT2D eigenvalue weighted by atomic mass is 32.1. The number of methoxy groups -OCH3 is 2. The quantitative estimate of drug-likeness (QED) is 0.334. The van der Waals surface area contributed by atoms with Gasteiger partial charge in [0.25, 0.3) is 0 Å². The van der Waals surface area contributed by atoms with Crippen LogP contribution < -0.4 is 14.8 Å². The minimum atomic E-state index is -0.948. The Kier molecular flexibility index (Phi) is 8.15. The highest BCUT2D eigenvalue weighted by Crippen LogP contribution is 2.35. The predicted octanol–water partition coefficient (Wildman–Crippen LogP) is 4.56. The third-order valence-electron chi connectivity index (χ3n) is 4.92. The van der Waals surface area contributed by atoms with E-state index in [1.54, 1.807) is 38.7 Å². The van der Waals surface area contributed by atoms with Crippen LogP contribution in [0.2, 0.25) is 0 Å². The average Bonchev–Trinajstić information content (AvgIpc) is 3.31. The van der Waals surface area contributed by atoms with Crippen molar-refractivity contribution in [2.75, 3.05) is 19.5 Å². The summed E-state index contributed by atoms with van der Waals surface area (Å²) in [5, 5.41) is 13.0. The van der Waals surface area contributed by atoms with Crippen molar-refractivity contribution in [1.29, 1.82) is 5.41 Å². The summed E-state index contributed by atoms with van der Waals surface area (Å²) in [5.74, 6) is -1.00. The summed E-state index contributed by atoms with van der Waals surface area (Å²) < 4.78 is 15.8. The fourth-order valence-electron chi connectivity index (χ4n) is 3.12. The molecule has 0 saturated heterocycles. The topological polar surface area (TPSA) is 111 Å². The highest BCUT2D eigenvalue weighted by Gasteiger charge is 2.28. The Morgan fingerprint density at radius 2 is 1.88 bits per heavy atom. The first-order valence-electron chi connectivity index (χ1n) is 10.2. The van der Waals surface area contributed by atoms with Gasteiger partial charge in [-0.15, -0.1) is 11.3 Å². The van der Waals surface area contributed by atoms with Crippen LogP contribution in [0.15, 0.2) is 53.9 Å². The predicted molar refractivity (Wildman–Crippen MR) is 127 cm³/mol. The number of carbonyl (C=O) groups is 2. The van der Waals surface area contributed by atoms with Crippen LogP contribution in [0.4, 0.5) is 5.13 Å². The molecule has 3 aromatic rings. The lowest BCUT2D eigenvalue weighted by Gasteiger charge is -2.14. The first-order chi connectivity index (χ1) is 16.0. The van der Waals surface area contributed by atoms with E-state index < -0.39 is 17.8 Å². The number of nitrogens with one attached hydrogen (secondary N) is 2. The Morgan fingerprint density at radius 1 is 1.12 bits per heavy atom. The van der Waals surface area contributed by atoms with Crippen LogP contribution in [0.1, 0.15) is 18.9 Å². The smallest absolute Gasteiger partial charge is 0.353 e. The SMILES string of the molecule is CCC(C(=N)C(=O)OCc1ccccc1)C(=O)Nc1nc(-c2ccc(OC)cc2OC)cs1. The number of carbonyl (C=O) groups excluding carboxylic acids is 2. The maximum Gasteiger partial charge on any atom is 0.353 e. The Labute approximate surface area is 196 Å². The van der Waals surface area contributed by atoms with Gasteiger partial charge >= 0.3 is 5.97 Å². The number of anilines is 1. The van der Waals surface area contributed by atoms with E-state index in [9.17, 15) is 9.59 Å². The number of nitrogens with zero attached hydrogens (tertiary/aromatic N) is 1. The molecule has 0 aliphatic rings. The largest absolute Gasteiger partial charge is 0.497 e. The first-order valence-corrected chi connectivity index (χ1v) is 11.1. The molecule has 172 valence electrons. The molecule has 8 nitrogen and oxygen atoms in total. The number of ether oxygens (including phenoxy) is 3. The summed E-state index contributed by atoms with van der Waals surface area (Å²) in [4.78, 5) is 29.6. The minimum absolute atomic E-state index is 0.0413. The Hall–Kier alpha value is -3.72. The summed E-state index contributed by atoms with van der Waals surface area (Å²) in [7, 11) is 3.13. The van der Waals surface area contributed by atoms with Crippen LogP contribution in [0.5, 0.6) is 11.5 Å². The lowest BCUT2D eigenvalue weighted by molar-refractivity contribution is -0.137. The van der Waals surface area contributed by atoms with Gasteiger partial charge in [0.15, 0.2) is 5.13 Å². The molecule has 1 heterocycles. The zero-order valence-electron chi connectivity index (χ0n) is 18.6. The highest BCUT2D eigenvalue weighted by molar-refractivity contribution is 7.14. The van der Waals surface area contributed by atoms with Crippen molar-refractivity contribution >= 4 is 34.1 Å². The van der Waals surface area contributed by atoms with Crippen LogP contribution in [-0.2, 0) is 20.9 Å². The second-order valence-electron chi connectivity index (χ2n) is 7.03. The van der Waals surface area contributed by atoms with Crippen LogP contribution >= 0.6 is 11.3 Å². The molecule has 0 radical (unpaired) electrons. The molecule has 33 heavy (non-hydrogen) atoms. The van der Waals surface area contributed by atoms with Gasteiger partial charge in [-0.25, -0.2) is 9.78 Å². The zero-order valence-corrected chi connectivity index (χ0v) is 19.4. The number of benzene rings is 2. The molecule has 0 fully saturated rings. The average molecular weight is 468 g/mol. The Bertz CT molecular complexity index is 1130. The van der Waals surface area contributed by atoms with E-state index >= 15 is 0 Å². The number of hydrogen-bond donors (Lipinski definition) is 2. The van der Waals surface area contributed by atoms with E-state index in [4.69, 9.17) is 19.6 Å². The molecule has 0 spiro atoms. The van der Waals surface area contributed by atoms with Gasteiger partial charge in [0.2, 0.25) is 5.91 Å². The van der Waals surface area contributed by atoms with E-state index in [-0.39, 0.29) is 18.7 Å². The molecule has 1 aromatic heterocycles. The van der Waals surface area contributed by atoms with Gasteiger partial charge in [0.05, 0.1) is 25.8 Å². The number of esters is 1. The van der Waals surface area contributed by atoms with E-state index in [1.165, 1.54) is 11.3 Å². The van der Waals surface area contributed by atoms with Crippen molar-refractivity contribution in [3.05, 3.63) is 59.5 Å². The number of hydrogen-bond acceptors (Lipinski definition) is 8. The summed E-state index contributed by atoms with van der Waals surface area (Å²) >= 11 is 1.24. The molecule has 1 atom stereocenters. The molecule has 0 aliphatic carbocycles. The monoisotopic (exact) mass is 467 g/mol. The molecule has 0 aliphatic heterocycles.